The highest BCUT2D eigenvalue weighted by atomic mass is 16.5. The van der Waals surface area contributed by atoms with Crippen LogP contribution in [-0.4, -0.2) is 38.4 Å². The van der Waals surface area contributed by atoms with E-state index >= 15 is 0 Å². The van der Waals surface area contributed by atoms with Crippen LogP contribution in [0.2, 0.25) is 0 Å². The lowest BCUT2D eigenvalue weighted by molar-refractivity contribution is -0.125. The highest BCUT2D eigenvalue weighted by molar-refractivity contribution is 5.95. The largest absolute Gasteiger partial charge is 0.449 e. The van der Waals surface area contributed by atoms with Crippen molar-refractivity contribution in [3.05, 3.63) is 24.3 Å². The lowest BCUT2D eigenvalue weighted by Crippen LogP contribution is -2.41. The number of carbonyl (C=O) groups is 2. The van der Waals surface area contributed by atoms with Gasteiger partial charge in [0.2, 0.25) is 0 Å². The van der Waals surface area contributed by atoms with Crippen molar-refractivity contribution in [3.8, 4) is 0 Å². The van der Waals surface area contributed by atoms with E-state index in [1.165, 1.54) is 51.4 Å². The number of nitrogens with zero attached hydrogens (tertiary/aromatic N) is 1. The molecule has 6 heteroatoms. The van der Waals surface area contributed by atoms with Crippen molar-refractivity contribution in [3.63, 3.8) is 0 Å². The fraction of sp³-hybridized carbons (Fsp3) is 0.652. The predicted molar refractivity (Wildman–Crippen MR) is 116 cm³/mol. The molecule has 1 saturated heterocycles. The van der Waals surface area contributed by atoms with E-state index in [4.69, 9.17) is 9.47 Å². The molecule has 0 aliphatic carbocycles. The first-order valence-corrected chi connectivity index (χ1v) is 11.1. The van der Waals surface area contributed by atoms with E-state index in [0.29, 0.717) is 25.4 Å². The van der Waals surface area contributed by atoms with Gasteiger partial charge in [0, 0.05) is 17.9 Å². The number of hydrogen-bond donors (Lipinski definition) is 1. The summed E-state index contributed by atoms with van der Waals surface area (Å²) in [4.78, 5) is 25.4. The number of hydrogen-bond acceptors (Lipinski definition) is 4. The highest BCUT2D eigenvalue weighted by Gasteiger charge is 2.19. The molecule has 2 rings (SSSR count). The van der Waals surface area contributed by atoms with Gasteiger partial charge in [-0.3, -0.25) is 10.1 Å². The van der Waals surface area contributed by atoms with Gasteiger partial charge in [-0.2, -0.15) is 0 Å². The third-order valence-electron chi connectivity index (χ3n) is 5.14. The zero-order valence-electron chi connectivity index (χ0n) is 17.8. The second-order valence-corrected chi connectivity index (χ2v) is 7.59. The van der Waals surface area contributed by atoms with E-state index in [1.807, 2.05) is 12.1 Å². The maximum atomic E-state index is 11.9. The summed E-state index contributed by atoms with van der Waals surface area (Å²) in [7, 11) is 0. The summed E-state index contributed by atoms with van der Waals surface area (Å²) in [5, 5.41) is 2.73. The summed E-state index contributed by atoms with van der Waals surface area (Å²) in [6, 6.07) is 7.20. The van der Waals surface area contributed by atoms with Crippen LogP contribution in [0.15, 0.2) is 24.3 Å². The minimum atomic E-state index is -0.434. The number of morpholine rings is 1. The molecule has 0 bridgehead atoms. The normalized spacial score (nSPS) is 14.1. The van der Waals surface area contributed by atoms with Crippen LogP contribution >= 0.6 is 0 Å². The van der Waals surface area contributed by atoms with Crippen LogP contribution in [-0.2, 0) is 14.3 Å². The van der Waals surface area contributed by atoms with E-state index in [9.17, 15) is 9.59 Å². The van der Waals surface area contributed by atoms with Crippen LogP contribution in [0, 0.1) is 0 Å². The fourth-order valence-electron chi connectivity index (χ4n) is 3.42. The van der Waals surface area contributed by atoms with Crippen molar-refractivity contribution in [1.29, 1.82) is 0 Å². The summed E-state index contributed by atoms with van der Waals surface area (Å²) < 4.78 is 10.4. The molecule has 1 fully saturated rings. The number of carbonyl (C=O) groups excluding carboxylic acids is 2. The van der Waals surface area contributed by atoms with Gasteiger partial charge in [0.25, 0.3) is 5.91 Å². The van der Waals surface area contributed by atoms with Gasteiger partial charge in [0.1, 0.15) is 6.61 Å². The number of nitrogens with one attached hydrogen (secondary N) is 1. The Bertz CT molecular complexity index is 603. The van der Waals surface area contributed by atoms with Gasteiger partial charge in [-0.05, 0) is 30.7 Å². The van der Waals surface area contributed by atoms with Crippen LogP contribution in [0.1, 0.15) is 71.1 Å². The van der Waals surface area contributed by atoms with Crippen molar-refractivity contribution in [2.75, 3.05) is 36.6 Å². The van der Waals surface area contributed by atoms with Gasteiger partial charge < -0.3 is 14.4 Å². The standard InChI is InChI=1S/C23H36N2O4/c1-2-3-4-5-6-7-8-9-10-11-17-29-23(27)24-20-12-14-21(15-13-20)25-16-18-28-19-22(25)26/h12-15H,2-11,16-19H2,1H3,(H,24,27). The molecule has 1 aromatic carbocycles. The van der Waals surface area contributed by atoms with Crippen molar-refractivity contribution in [2.45, 2.75) is 71.1 Å². The Morgan fingerprint density at radius 1 is 1.00 bits per heavy atom. The Morgan fingerprint density at radius 3 is 2.24 bits per heavy atom. The highest BCUT2D eigenvalue weighted by Crippen LogP contribution is 2.19. The van der Waals surface area contributed by atoms with Crippen LogP contribution in [0.25, 0.3) is 0 Å². The molecule has 29 heavy (non-hydrogen) atoms. The molecule has 1 aliphatic heterocycles. The van der Waals surface area contributed by atoms with E-state index < -0.39 is 6.09 Å². The van der Waals surface area contributed by atoms with Crippen molar-refractivity contribution >= 4 is 23.4 Å². The minimum absolute atomic E-state index is 0.0483. The number of benzene rings is 1. The molecule has 0 atom stereocenters. The lowest BCUT2D eigenvalue weighted by atomic mass is 10.1. The van der Waals surface area contributed by atoms with Gasteiger partial charge in [0.05, 0.1) is 13.2 Å². The minimum Gasteiger partial charge on any atom is -0.449 e. The van der Waals surface area contributed by atoms with Gasteiger partial charge >= 0.3 is 6.09 Å². The second-order valence-electron chi connectivity index (χ2n) is 7.59. The number of ether oxygens (including phenoxy) is 2. The maximum absolute atomic E-state index is 11.9. The van der Waals surface area contributed by atoms with Crippen molar-refractivity contribution in [1.82, 2.24) is 0 Å². The average Bonchev–Trinajstić information content (AvgIpc) is 2.73. The second kappa shape index (κ2) is 14.0. The number of anilines is 2. The summed E-state index contributed by atoms with van der Waals surface area (Å²) in [6.07, 6.45) is 12.1. The van der Waals surface area contributed by atoms with Crippen LogP contribution < -0.4 is 10.2 Å². The molecule has 0 spiro atoms. The van der Waals surface area contributed by atoms with Gasteiger partial charge in [0.15, 0.2) is 0 Å². The smallest absolute Gasteiger partial charge is 0.411 e. The number of rotatable bonds is 13. The fourth-order valence-corrected chi connectivity index (χ4v) is 3.42. The molecule has 2 amide bonds. The first-order valence-electron chi connectivity index (χ1n) is 11.1. The molecular weight excluding hydrogens is 368 g/mol. The summed E-state index contributed by atoms with van der Waals surface area (Å²) in [5.74, 6) is -0.0483. The van der Waals surface area contributed by atoms with Crippen LogP contribution in [0.5, 0.6) is 0 Å². The van der Waals surface area contributed by atoms with Gasteiger partial charge in [-0.1, -0.05) is 64.7 Å². The number of unbranched alkanes of at least 4 members (excludes halogenated alkanes) is 9. The van der Waals surface area contributed by atoms with Crippen LogP contribution in [0.3, 0.4) is 0 Å². The van der Waals surface area contributed by atoms with Crippen LogP contribution in [0.4, 0.5) is 16.2 Å². The molecule has 1 aromatic rings. The first-order chi connectivity index (χ1) is 14.2. The van der Waals surface area contributed by atoms with Gasteiger partial charge in [-0.25, -0.2) is 4.79 Å². The lowest BCUT2D eigenvalue weighted by Gasteiger charge is -2.26. The van der Waals surface area contributed by atoms with Crippen molar-refractivity contribution < 1.29 is 19.1 Å². The molecule has 1 heterocycles. The Hall–Kier alpha value is -2.08. The molecule has 1 aliphatic rings. The zero-order valence-corrected chi connectivity index (χ0v) is 17.8. The summed E-state index contributed by atoms with van der Waals surface area (Å²) in [6.45, 7) is 3.89. The Kier molecular flexibility index (Phi) is 11.2. The van der Waals surface area contributed by atoms with E-state index in [0.717, 1.165) is 18.5 Å². The Balaban J connectivity index is 1.52. The van der Waals surface area contributed by atoms with E-state index in [-0.39, 0.29) is 12.5 Å². The van der Waals surface area contributed by atoms with E-state index in [1.54, 1.807) is 17.0 Å². The molecule has 1 N–H and O–H groups in total. The third-order valence-corrected chi connectivity index (χ3v) is 5.14. The van der Waals surface area contributed by atoms with Crippen molar-refractivity contribution in [2.24, 2.45) is 0 Å². The van der Waals surface area contributed by atoms with E-state index in [2.05, 4.69) is 12.2 Å². The predicted octanol–water partition coefficient (Wildman–Crippen LogP) is 5.52. The molecule has 162 valence electrons. The third kappa shape index (κ3) is 9.31. The molecule has 0 radical (unpaired) electrons. The summed E-state index contributed by atoms with van der Waals surface area (Å²) in [5.41, 5.74) is 1.46. The molecule has 6 nitrogen and oxygen atoms in total. The summed E-state index contributed by atoms with van der Waals surface area (Å²) >= 11 is 0. The molecule has 0 saturated carbocycles. The molecule has 0 aromatic heterocycles. The number of amides is 2. The Labute approximate surface area is 174 Å². The molecular formula is C23H36N2O4. The SMILES string of the molecule is CCCCCCCCCCCCOC(=O)Nc1ccc(N2CCOCC2=O)cc1. The maximum Gasteiger partial charge on any atom is 0.411 e. The Morgan fingerprint density at radius 2 is 1.62 bits per heavy atom. The first kappa shape index (κ1) is 23.2. The topological polar surface area (TPSA) is 67.9 Å². The van der Waals surface area contributed by atoms with Gasteiger partial charge in [-0.15, -0.1) is 0 Å². The quantitative estimate of drug-likeness (QED) is 0.440. The molecule has 0 unspecified atom stereocenters. The zero-order chi connectivity index (χ0) is 20.7. The average molecular weight is 405 g/mol. The monoisotopic (exact) mass is 404 g/mol.